The number of hydrogen-bond donors (Lipinski definition) is 0. The van der Waals surface area contributed by atoms with E-state index in [0.717, 1.165) is 11.4 Å². The van der Waals surface area contributed by atoms with Gasteiger partial charge < -0.3 is 0 Å². The van der Waals surface area contributed by atoms with E-state index in [9.17, 15) is 0 Å². The molecule has 0 atom stereocenters. The van der Waals surface area contributed by atoms with Crippen LogP contribution in [-0.2, 0) is 0 Å². The van der Waals surface area contributed by atoms with Gasteiger partial charge >= 0.3 is 0 Å². The van der Waals surface area contributed by atoms with Crippen LogP contribution in [0, 0.1) is 6.92 Å². The number of aliphatic imine (C=N–C) groups is 1. The van der Waals surface area contributed by atoms with Crippen LogP contribution in [0.5, 0.6) is 0 Å². The maximum absolute atomic E-state index is 4.54. The lowest BCUT2D eigenvalue weighted by Crippen LogP contribution is -1.91. The Morgan fingerprint density at radius 3 is 2.60 bits per heavy atom. The van der Waals surface area contributed by atoms with E-state index in [1.165, 1.54) is 11.1 Å². The average Bonchev–Trinajstić information content (AvgIpc) is 2.20. The highest BCUT2D eigenvalue weighted by molar-refractivity contribution is 5.94. The Morgan fingerprint density at radius 2 is 2.07 bits per heavy atom. The highest BCUT2D eigenvalue weighted by Gasteiger charge is 2.05. The molecule has 0 bridgehead atoms. The molecule has 80 valence electrons. The normalized spacial score (nSPS) is 11.9. The third-order valence-electron chi connectivity index (χ3n) is 2.40. The summed E-state index contributed by atoms with van der Waals surface area (Å²) in [6.07, 6.45) is 1.78. The SMILES string of the molecule is C=CC(C)=Nc1ccc(C)cc1C(C)C. The van der Waals surface area contributed by atoms with Gasteiger partial charge in [-0.2, -0.15) is 0 Å². The molecule has 0 amide bonds. The molecular formula is C14H19N. The third kappa shape index (κ3) is 3.05. The van der Waals surface area contributed by atoms with Gasteiger partial charge in [0.05, 0.1) is 5.69 Å². The Labute approximate surface area is 92.6 Å². The maximum atomic E-state index is 4.54. The molecule has 1 nitrogen and oxygen atoms in total. The summed E-state index contributed by atoms with van der Waals surface area (Å²) < 4.78 is 0. The molecule has 0 spiro atoms. The predicted molar refractivity (Wildman–Crippen MR) is 68.2 cm³/mol. The molecule has 0 aliphatic heterocycles. The van der Waals surface area contributed by atoms with E-state index in [4.69, 9.17) is 0 Å². The first kappa shape index (κ1) is 11.7. The van der Waals surface area contributed by atoms with Crippen LogP contribution in [0.4, 0.5) is 5.69 Å². The van der Waals surface area contributed by atoms with Crippen LogP contribution in [0.1, 0.15) is 37.8 Å². The lowest BCUT2D eigenvalue weighted by atomic mass is 9.99. The fourth-order valence-electron chi connectivity index (χ4n) is 1.47. The zero-order chi connectivity index (χ0) is 11.4. The second-order valence-corrected chi connectivity index (χ2v) is 4.17. The van der Waals surface area contributed by atoms with Crippen molar-refractivity contribution in [2.75, 3.05) is 0 Å². The lowest BCUT2D eigenvalue weighted by molar-refractivity contribution is 0.865. The first-order valence-corrected chi connectivity index (χ1v) is 5.33. The number of rotatable bonds is 3. The van der Waals surface area contributed by atoms with Gasteiger partial charge in [-0.25, -0.2) is 0 Å². The fraction of sp³-hybridized carbons (Fsp3) is 0.357. The topological polar surface area (TPSA) is 12.4 Å². The highest BCUT2D eigenvalue weighted by Crippen LogP contribution is 2.27. The Kier molecular flexibility index (Phi) is 3.84. The molecule has 1 rings (SSSR count). The summed E-state index contributed by atoms with van der Waals surface area (Å²) in [6, 6.07) is 6.39. The van der Waals surface area contributed by atoms with Gasteiger partial charge in [0.15, 0.2) is 0 Å². The second-order valence-electron chi connectivity index (χ2n) is 4.17. The minimum absolute atomic E-state index is 0.501. The number of hydrogen-bond acceptors (Lipinski definition) is 1. The van der Waals surface area contributed by atoms with Crippen molar-refractivity contribution in [2.24, 2.45) is 4.99 Å². The van der Waals surface area contributed by atoms with Gasteiger partial charge in [-0.15, -0.1) is 0 Å². The molecule has 0 radical (unpaired) electrons. The minimum Gasteiger partial charge on any atom is -0.253 e. The monoisotopic (exact) mass is 201 g/mol. The van der Waals surface area contributed by atoms with Gasteiger partial charge in [-0.1, -0.05) is 38.1 Å². The van der Waals surface area contributed by atoms with E-state index in [1.54, 1.807) is 6.08 Å². The fourth-order valence-corrected chi connectivity index (χ4v) is 1.47. The van der Waals surface area contributed by atoms with Crippen molar-refractivity contribution in [3.8, 4) is 0 Å². The second kappa shape index (κ2) is 4.92. The summed E-state index contributed by atoms with van der Waals surface area (Å²) in [5.74, 6) is 0.501. The first-order chi connectivity index (χ1) is 7.04. The van der Waals surface area contributed by atoms with E-state index in [1.807, 2.05) is 6.92 Å². The molecule has 0 unspecified atom stereocenters. The minimum atomic E-state index is 0.501. The Morgan fingerprint density at radius 1 is 1.40 bits per heavy atom. The van der Waals surface area contributed by atoms with Crippen LogP contribution in [0.25, 0.3) is 0 Å². The lowest BCUT2D eigenvalue weighted by Gasteiger charge is -2.10. The van der Waals surface area contributed by atoms with Crippen molar-refractivity contribution in [3.63, 3.8) is 0 Å². The van der Waals surface area contributed by atoms with Crippen molar-refractivity contribution >= 4 is 11.4 Å². The molecule has 1 aromatic rings. The molecule has 0 heterocycles. The zero-order valence-corrected chi connectivity index (χ0v) is 10.0. The van der Waals surface area contributed by atoms with Gasteiger partial charge in [0.2, 0.25) is 0 Å². The van der Waals surface area contributed by atoms with Crippen molar-refractivity contribution in [3.05, 3.63) is 42.0 Å². The molecule has 0 aliphatic rings. The van der Waals surface area contributed by atoms with Gasteiger partial charge in [-0.3, -0.25) is 4.99 Å². The summed E-state index contributed by atoms with van der Waals surface area (Å²) in [5.41, 5.74) is 4.61. The summed E-state index contributed by atoms with van der Waals surface area (Å²) in [4.78, 5) is 4.54. The van der Waals surface area contributed by atoms with Crippen LogP contribution in [0.3, 0.4) is 0 Å². The van der Waals surface area contributed by atoms with E-state index < -0.39 is 0 Å². The standard InChI is InChI=1S/C14H19N/c1-6-12(5)15-14-8-7-11(4)9-13(14)10(2)3/h6-10H,1H2,2-5H3. The van der Waals surface area contributed by atoms with Crippen LogP contribution >= 0.6 is 0 Å². The molecular weight excluding hydrogens is 182 g/mol. The highest BCUT2D eigenvalue weighted by atomic mass is 14.7. The van der Waals surface area contributed by atoms with Crippen LogP contribution < -0.4 is 0 Å². The first-order valence-electron chi connectivity index (χ1n) is 5.33. The molecule has 0 aliphatic carbocycles. The smallest absolute Gasteiger partial charge is 0.0667 e. The van der Waals surface area contributed by atoms with Crippen LogP contribution in [-0.4, -0.2) is 5.71 Å². The maximum Gasteiger partial charge on any atom is 0.0667 e. The van der Waals surface area contributed by atoms with Crippen molar-refractivity contribution in [1.29, 1.82) is 0 Å². The molecule has 15 heavy (non-hydrogen) atoms. The predicted octanol–water partition coefficient (Wildman–Crippen LogP) is 4.40. The summed E-state index contributed by atoms with van der Waals surface area (Å²) >= 11 is 0. The molecule has 1 aromatic carbocycles. The summed E-state index contributed by atoms with van der Waals surface area (Å²) in [6.45, 7) is 12.2. The van der Waals surface area contributed by atoms with Crippen molar-refractivity contribution in [2.45, 2.75) is 33.6 Å². The Bertz CT molecular complexity index is 386. The molecule has 0 saturated carbocycles. The van der Waals surface area contributed by atoms with E-state index in [0.29, 0.717) is 5.92 Å². The van der Waals surface area contributed by atoms with E-state index in [-0.39, 0.29) is 0 Å². The van der Waals surface area contributed by atoms with Crippen molar-refractivity contribution < 1.29 is 0 Å². The van der Waals surface area contributed by atoms with E-state index >= 15 is 0 Å². The van der Waals surface area contributed by atoms with E-state index in [2.05, 4.69) is 50.5 Å². The Balaban J connectivity index is 3.23. The average molecular weight is 201 g/mol. The third-order valence-corrected chi connectivity index (χ3v) is 2.40. The van der Waals surface area contributed by atoms with Gasteiger partial charge in [0.25, 0.3) is 0 Å². The molecule has 0 fully saturated rings. The number of benzene rings is 1. The number of allylic oxidation sites excluding steroid dienone is 1. The molecule has 1 heteroatoms. The largest absolute Gasteiger partial charge is 0.253 e. The molecule has 0 N–H and O–H groups in total. The Hall–Kier alpha value is -1.37. The molecule has 0 saturated heterocycles. The van der Waals surface area contributed by atoms with Gasteiger partial charge in [-0.05, 0) is 37.5 Å². The van der Waals surface area contributed by atoms with Crippen LogP contribution in [0.2, 0.25) is 0 Å². The van der Waals surface area contributed by atoms with Gasteiger partial charge in [0, 0.05) is 5.71 Å². The van der Waals surface area contributed by atoms with Crippen molar-refractivity contribution in [1.82, 2.24) is 0 Å². The molecule has 0 aromatic heterocycles. The van der Waals surface area contributed by atoms with Gasteiger partial charge in [0.1, 0.15) is 0 Å². The number of nitrogens with zero attached hydrogens (tertiary/aromatic N) is 1. The quantitative estimate of drug-likeness (QED) is 0.643. The number of aryl methyl sites for hydroxylation is 1. The zero-order valence-electron chi connectivity index (χ0n) is 10.0. The summed E-state index contributed by atoms with van der Waals surface area (Å²) in [7, 11) is 0. The summed E-state index contributed by atoms with van der Waals surface area (Å²) in [5, 5.41) is 0. The van der Waals surface area contributed by atoms with Crippen LogP contribution in [0.15, 0.2) is 35.8 Å².